The molecule has 0 saturated carbocycles. The Labute approximate surface area is 61.7 Å². The van der Waals surface area contributed by atoms with E-state index in [1.807, 2.05) is 0 Å². The Hall–Kier alpha value is 0.812. The number of hydrogen-bond acceptors (Lipinski definition) is 3. The van der Waals surface area contributed by atoms with Gasteiger partial charge in [0, 0.05) is 0 Å². The molecule has 0 heterocycles. The molecular formula is C2H3CdO3P. The van der Waals surface area contributed by atoms with Crippen LogP contribution < -0.4 is 9.79 Å². The molecule has 7 heavy (non-hydrogen) atoms. The summed E-state index contributed by atoms with van der Waals surface area (Å²) >= 11 is 0. The predicted molar refractivity (Wildman–Crippen MR) is 17.8 cm³/mol. The molecule has 0 radical (unpaired) electrons. The second kappa shape index (κ2) is 3.77. The molecule has 0 N–H and O–H groups in total. The molecule has 0 aromatic rings. The third-order valence-corrected chi connectivity index (χ3v) is 0.671. The number of hydrogen-bond donors (Lipinski definition) is 0. The van der Waals surface area contributed by atoms with Crippen LogP contribution in [0.3, 0.4) is 0 Å². The van der Waals surface area contributed by atoms with E-state index in [4.69, 9.17) is 0 Å². The molecule has 0 bridgehead atoms. The van der Waals surface area contributed by atoms with Crippen molar-refractivity contribution in [3.63, 3.8) is 0 Å². The second-order valence-corrected chi connectivity index (χ2v) is 2.17. The van der Waals surface area contributed by atoms with Crippen molar-refractivity contribution < 1.29 is 41.7 Å². The normalized spacial score (nSPS) is 9.43. The first kappa shape index (κ1) is 10.7. The van der Waals surface area contributed by atoms with Crippen molar-refractivity contribution >= 4 is 7.60 Å². The molecule has 5 heteroatoms. The summed E-state index contributed by atoms with van der Waals surface area (Å²) in [5, 5.41) is 0. The zero-order valence-corrected chi connectivity index (χ0v) is 8.59. The second-order valence-electron chi connectivity index (χ2n) is 0.722. The molecule has 0 aromatic heterocycles. The molecule has 36 valence electrons. The van der Waals surface area contributed by atoms with Gasteiger partial charge < -0.3 is 14.4 Å². The molecule has 0 fully saturated rings. The van der Waals surface area contributed by atoms with Crippen LogP contribution in [0.1, 0.15) is 0 Å². The van der Waals surface area contributed by atoms with Crippen molar-refractivity contribution in [1.82, 2.24) is 0 Å². The van der Waals surface area contributed by atoms with Gasteiger partial charge in [-0.25, -0.2) is 0 Å². The Bertz CT molecular complexity index is 95.1. The summed E-state index contributed by atoms with van der Waals surface area (Å²) in [6, 6.07) is 0. The predicted octanol–water partition coefficient (Wildman–Crippen LogP) is -0.959. The van der Waals surface area contributed by atoms with Crippen molar-refractivity contribution in [2.75, 3.05) is 0 Å². The fraction of sp³-hybridized carbons (Fsp3) is 0. The van der Waals surface area contributed by atoms with Crippen LogP contribution in [0.2, 0.25) is 0 Å². The quantitative estimate of drug-likeness (QED) is 0.421. The SMILES string of the molecule is C=CP(=O)([O-])[O-].[Cd+2]. The van der Waals surface area contributed by atoms with E-state index in [-0.39, 0.29) is 27.3 Å². The van der Waals surface area contributed by atoms with Crippen LogP contribution in [0.4, 0.5) is 0 Å². The molecule has 0 amide bonds. The zero-order valence-electron chi connectivity index (χ0n) is 3.66. The van der Waals surface area contributed by atoms with Crippen LogP contribution >= 0.6 is 7.60 Å². The Morgan fingerprint density at radius 3 is 1.71 bits per heavy atom. The van der Waals surface area contributed by atoms with Gasteiger partial charge in [0.1, 0.15) is 0 Å². The Morgan fingerprint density at radius 1 is 1.57 bits per heavy atom. The van der Waals surface area contributed by atoms with Crippen molar-refractivity contribution in [3.8, 4) is 0 Å². The molecule has 0 aliphatic carbocycles. The standard InChI is InChI=1S/C2H5O3P.Cd/c1-2-6(3,4)5;/h2H,1H2,(H2,3,4,5);/q;+2/p-2. The third-order valence-electron chi connectivity index (χ3n) is 0.224. The van der Waals surface area contributed by atoms with Gasteiger partial charge in [-0.05, 0) is 7.60 Å². The summed E-state index contributed by atoms with van der Waals surface area (Å²) in [6.07, 6.45) is 0. The van der Waals surface area contributed by atoms with Gasteiger partial charge in [-0.1, -0.05) is 12.4 Å². The van der Waals surface area contributed by atoms with Crippen molar-refractivity contribution in [2.24, 2.45) is 0 Å². The summed E-state index contributed by atoms with van der Waals surface area (Å²) in [4.78, 5) is 18.7. The Balaban J connectivity index is 0. The van der Waals surface area contributed by atoms with Crippen LogP contribution in [0.5, 0.6) is 0 Å². The minimum Gasteiger partial charge on any atom is -0.808 e. The molecule has 0 atom stereocenters. The first-order valence-electron chi connectivity index (χ1n) is 1.21. The van der Waals surface area contributed by atoms with Crippen LogP contribution in [0.15, 0.2) is 12.4 Å². The van der Waals surface area contributed by atoms with E-state index in [2.05, 4.69) is 6.58 Å². The van der Waals surface area contributed by atoms with Gasteiger partial charge in [0.15, 0.2) is 0 Å². The van der Waals surface area contributed by atoms with Crippen LogP contribution in [0.25, 0.3) is 0 Å². The molecule has 3 nitrogen and oxygen atoms in total. The summed E-state index contributed by atoms with van der Waals surface area (Å²) in [7, 11) is -4.38. The van der Waals surface area contributed by atoms with E-state index in [0.717, 1.165) is 0 Å². The van der Waals surface area contributed by atoms with Crippen LogP contribution in [0, 0.1) is 0 Å². The Morgan fingerprint density at radius 2 is 1.71 bits per heavy atom. The summed E-state index contributed by atoms with van der Waals surface area (Å²) in [5.74, 6) is 0.382. The van der Waals surface area contributed by atoms with Gasteiger partial charge in [-0.3, -0.25) is 0 Å². The monoisotopic (exact) mass is 220 g/mol. The van der Waals surface area contributed by atoms with Gasteiger partial charge in [-0.2, -0.15) is 0 Å². The first-order chi connectivity index (χ1) is 2.56. The molecule has 0 saturated heterocycles. The molecular weight excluding hydrogens is 215 g/mol. The maximum atomic E-state index is 9.35. The molecule has 0 aliphatic heterocycles. The van der Waals surface area contributed by atoms with E-state index < -0.39 is 7.60 Å². The summed E-state index contributed by atoms with van der Waals surface area (Å²) < 4.78 is 9.35. The molecule has 0 aliphatic rings. The van der Waals surface area contributed by atoms with Crippen molar-refractivity contribution in [2.45, 2.75) is 0 Å². The minimum absolute atomic E-state index is 0. The van der Waals surface area contributed by atoms with E-state index in [9.17, 15) is 14.4 Å². The van der Waals surface area contributed by atoms with Gasteiger partial charge in [0.05, 0.1) is 0 Å². The first-order valence-corrected chi connectivity index (χ1v) is 2.83. The van der Waals surface area contributed by atoms with Gasteiger partial charge in [-0.15, -0.1) is 0 Å². The largest absolute Gasteiger partial charge is 2.00 e. The fourth-order valence-corrected chi connectivity index (χ4v) is 0. The summed E-state index contributed by atoms with van der Waals surface area (Å²) in [5.41, 5.74) is 0. The molecule has 0 aromatic carbocycles. The smallest absolute Gasteiger partial charge is 0.808 e. The fourth-order valence-electron chi connectivity index (χ4n) is 0. The average Bonchev–Trinajstić information content (AvgIpc) is 1.35. The average molecular weight is 218 g/mol. The molecule has 0 rings (SSSR count). The van der Waals surface area contributed by atoms with E-state index in [0.29, 0.717) is 5.82 Å². The minimum atomic E-state index is -4.38. The number of rotatable bonds is 1. The topological polar surface area (TPSA) is 63.2 Å². The van der Waals surface area contributed by atoms with Crippen LogP contribution in [-0.4, -0.2) is 0 Å². The third kappa shape index (κ3) is 10.9. The zero-order chi connectivity index (χ0) is 5.21. The van der Waals surface area contributed by atoms with E-state index in [1.165, 1.54) is 0 Å². The van der Waals surface area contributed by atoms with Gasteiger partial charge in [0.2, 0.25) is 0 Å². The van der Waals surface area contributed by atoms with Crippen molar-refractivity contribution in [1.29, 1.82) is 0 Å². The molecule has 0 spiro atoms. The van der Waals surface area contributed by atoms with E-state index in [1.54, 1.807) is 0 Å². The maximum Gasteiger partial charge on any atom is 2.00 e. The van der Waals surface area contributed by atoms with Gasteiger partial charge in [0.25, 0.3) is 0 Å². The summed E-state index contributed by atoms with van der Waals surface area (Å²) in [6.45, 7) is 2.74. The molecule has 0 unspecified atom stereocenters. The van der Waals surface area contributed by atoms with Gasteiger partial charge >= 0.3 is 27.3 Å². The van der Waals surface area contributed by atoms with Crippen molar-refractivity contribution in [3.05, 3.63) is 12.4 Å². The maximum absolute atomic E-state index is 9.35. The Kier molecular flexibility index (Phi) is 5.78. The van der Waals surface area contributed by atoms with Crippen LogP contribution in [-0.2, 0) is 31.9 Å². The van der Waals surface area contributed by atoms with E-state index >= 15 is 0 Å².